The van der Waals surface area contributed by atoms with E-state index in [4.69, 9.17) is 10.5 Å². The Hall–Kier alpha value is -1.90. The molecule has 5 nitrogen and oxygen atoms in total. The summed E-state index contributed by atoms with van der Waals surface area (Å²) in [6.07, 6.45) is 2.55. The van der Waals surface area contributed by atoms with Crippen molar-refractivity contribution in [1.29, 1.82) is 0 Å². The second-order valence-corrected chi connectivity index (χ2v) is 5.10. The van der Waals surface area contributed by atoms with E-state index in [1.54, 1.807) is 18.3 Å². The molecule has 1 aliphatic heterocycles. The van der Waals surface area contributed by atoms with Crippen molar-refractivity contribution >= 4 is 5.91 Å². The second kappa shape index (κ2) is 7.21. The number of ether oxygens (including phenoxy) is 1. The number of pyridine rings is 1. The van der Waals surface area contributed by atoms with Crippen molar-refractivity contribution in [3.63, 3.8) is 0 Å². The maximum Gasteiger partial charge on any atom is 0.272 e. The molecular weight excluding hydrogens is 266 g/mol. The molecule has 2 N–H and O–H groups in total. The molecule has 1 amide bonds. The van der Waals surface area contributed by atoms with Gasteiger partial charge in [-0.3, -0.25) is 4.79 Å². The molecular formula is C16H21N3O2. The van der Waals surface area contributed by atoms with Crippen molar-refractivity contribution in [3.05, 3.63) is 29.6 Å². The molecule has 0 aliphatic carbocycles. The van der Waals surface area contributed by atoms with E-state index in [1.807, 2.05) is 11.8 Å². The summed E-state index contributed by atoms with van der Waals surface area (Å²) in [5.74, 6) is 5.61. The van der Waals surface area contributed by atoms with Crippen LogP contribution in [0.1, 0.15) is 36.3 Å². The van der Waals surface area contributed by atoms with E-state index in [1.165, 1.54) is 0 Å². The number of nitrogens with zero attached hydrogens (tertiary/aromatic N) is 2. The summed E-state index contributed by atoms with van der Waals surface area (Å²) in [4.78, 5) is 18.7. The monoisotopic (exact) mass is 287 g/mol. The zero-order chi connectivity index (χ0) is 15.2. The molecule has 0 spiro atoms. The fourth-order valence-electron chi connectivity index (χ4n) is 2.33. The van der Waals surface area contributed by atoms with Crippen LogP contribution < -0.4 is 5.73 Å². The highest BCUT2D eigenvalue weighted by Crippen LogP contribution is 2.17. The molecule has 5 heteroatoms. The smallest absolute Gasteiger partial charge is 0.272 e. The Morgan fingerprint density at radius 3 is 3.00 bits per heavy atom. The van der Waals surface area contributed by atoms with Gasteiger partial charge in [0.1, 0.15) is 5.69 Å². The molecule has 1 aromatic rings. The molecule has 1 aliphatic rings. The van der Waals surface area contributed by atoms with Crippen LogP contribution in [0.5, 0.6) is 0 Å². The number of hydrogen-bond acceptors (Lipinski definition) is 4. The van der Waals surface area contributed by atoms with Crippen LogP contribution in [0, 0.1) is 11.8 Å². The van der Waals surface area contributed by atoms with Gasteiger partial charge < -0.3 is 15.4 Å². The van der Waals surface area contributed by atoms with Gasteiger partial charge >= 0.3 is 0 Å². The van der Waals surface area contributed by atoms with Crippen molar-refractivity contribution in [2.24, 2.45) is 5.73 Å². The van der Waals surface area contributed by atoms with Crippen molar-refractivity contribution < 1.29 is 9.53 Å². The molecule has 1 aromatic heterocycles. The van der Waals surface area contributed by atoms with Crippen molar-refractivity contribution in [2.75, 3.05) is 19.7 Å². The molecule has 21 heavy (non-hydrogen) atoms. The number of nitrogens with two attached hydrogens (primary N) is 1. The quantitative estimate of drug-likeness (QED) is 0.825. The van der Waals surface area contributed by atoms with Crippen LogP contribution in [0.4, 0.5) is 0 Å². The molecule has 2 rings (SSSR count). The second-order valence-electron chi connectivity index (χ2n) is 5.10. The summed E-state index contributed by atoms with van der Waals surface area (Å²) in [6, 6.07) is 3.64. The van der Waals surface area contributed by atoms with Crippen LogP contribution in [-0.2, 0) is 4.74 Å². The van der Waals surface area contributed by atoms with Gasteiger partial charge in [0.25, 0.3) is 5.91 Å². The number of rotatable bonds is 2. The number of carbonyl (C=O) groups excluding carboxylic acids is 1. The number of amides is 1. The fourth-order valence-corrected chi connectivity index (χ4v) is 2.33. The maximum absolute atomic E-state index is 12.6. The van der Waals surface area contributed by atoms with E-state index in [0.717, 1.165) is 12.0 Å². The third-order valence-electron chi connectivity index (χ3n) is 3.52. The van der Waals surface area contributed by atoms with E-state index in [0.29, 0.717) is 25.4 Å². The molecule has 1 fully saturated rings. The molecule has 2 atom stereocenters. The highest BCUT2D eigenvalue weighted by Gasteiger charge is 2.30. The third-order valence-corrected chi connectivity index (χ3v) is 3.52. The van der Waals surface area contributed by atoms with Crippen LogP contribution in [0.25, 0.3) is 0 Å². The molecule has 1 saturated heterocycles. The van der Waals surface area contributed by atoms with Gasteiger partial charge in [0.15, 0.2) is 0 Å². The zero-order valence-electron chi connectivity index (χ0n) is 12.5. The SMILES string of the molecule is CCC1COC(C)CN1C(=O)c1ccc(C#CCN)cn1. The molecule has 2 heterocycles. The van der Waals surface area contributed by atoms with Gasteiger partial charge in [-0.25, -0.2) is 4.98 Å². The lowest BCUT2D eigenvalue weighted by atomic mass is 10.1. The van der Waals surface area contributed by atoms with Gasteiger partial charge in [-0.2, -0.15) is 0 Å². The van der Waals surface area contributed by atoms with E-state index >= 15 is 0 Å². The van der Waals surface area contributed by atoms with Crippen molar-refractivity contribution in [2.45, 2.75) is 32.4 Å². The van der Waals surface area contributed by atoms with Crippen LogP contribution in [-0.4, -0.2) is 47.6 Å². The van der Waals surface area contributed by atoms with Crippen LogP contribution in [0.15, 0.2) is 18.3 Å². The lowest BCUT2D eigenvalue weighted by Crippen LogP contribution is -2.51. The summed E-state index contributed by atoms with van der Waals surface area (Å²) in [5, 5.41) is 0. The van der Waals surface area contributed by atoms with Crippen LogP contribution >= 0.6 is 0 Å². The Bertz CT molecular complexity index is 545. The topological polar surface area (TPSA) is 68.5 Å². The van der Waals surface area contributed by atoms with Crippen molar-refractivity contribution in [3.8, 4) is 11.8 Å². The predicted octanol–water partition coefficient (Wildman–Crippen LogP) is 1.03. The van der Waals surface area contributed by atoms with Crippen LogP contribution in [0.2, 0.25) is 0 Å². The van der Waals surface area contributed by atoms with Gasteiger partial charge in [0, 0.05) is 18.3 Å². The molecule has 0 radical (unpaired) electrons. The minimum Gasteiger partial charge on any atom is -0.375 e. The van der Waals surface area contributed by atoms with E-state index in [-0.39, 0.29) is 18.1 Å². The lowest BCUT2D eigenvalue weighted by Gasteiger charge is -2.38. The minimum atomic E-state index is -0.0460. The predicted molar refractivity (Wildman–Crippen MR) is 80.7 cm³/mol. The average molecular weight is 287 g/mol. The summed E-state index contributed by atoms with van der Waals surface area (Å²) >= 11 is 0. The zero-order valence-corrected chi connectivity index (χ0v) is 12.5. The Kier molecular flexibility index (Phi) is 5.32. The molecule has 0 saturated carbocycles. The molecule has 112 valence electrons. The number of hydrogen-bond donors (Lipinski definition) is 1. The Balaban J connectivity index is 2.14. The lowest BCUT2D eigenvalue weighted by molar-refractivity contribution is -0.0445. The first-order valence-electron chi connectivity index (χ1n) is 7.23. The highest BCUT2D eigenvalue weighted by atomic mass is 16.5. The number of morpholine rings is 1. The van der Waals surface area contributed by atoms with Crippen molar-refractivity contribution in [1.82, 2.24) is 9.88 Å². The summed E-state index contributed by atoms with van der Waals surface area (Å²) in [5.41, 5.74) is 6.54. The Labute approximate surface area is 125 Å². The van der Waals surface area contributed by atoms with Crippen LogP contribution in [0.3, 0.4) is 0 Å². The molecule has 0 bridgehead atoms. The van der Waals surface area contributed by atoms with E-state index < -0.39 is 0 Å². The number of aromatic nitrogens is 1. The summed E-state index contributed by atoms with van der Waals surface area (Å²) in [7, 11) is 0. The maximum atomic E-state index is 12.6. The summed E-state index contributed by atoms with van der Waals surface area (Å²) in [6.45, 7) is 5.54. The van der Waals surface area contributed by atoms with Gasteiger partial charge in [-0.05, 0) is 25.5 Å². The van der Waals surface area contributed by atoms with Gasteiger partial charge in [-0.15, -0.1) is 0 Å². The first-order valence-corrected chi connectivity index (χ1v) is 7.23. The number of carbonyl (C=O) groups is 1. The standard InChI is InChI=1S/C16H21N3O2/c1-3-14-11-21-12(2)10-19(14)16(20)15-7-6-13(9-18-15)5-4-8-17/h6-7,9,12,14H,3,8,10-11,17H2,1-2H3. The minimum absolute atomic E-state index is 0.0460. The summed E-state index contributed by atoms with van der Waals surface area (Å²) < 4.78 is 5.62. The van der Waals surface area contributed by atoms with E-state index in [2.05, 4.69) is 23.7 Å². The Morgan fingerprint density at radius 2 is 2.38 bits per heavy atom. The van der Waals surface area contributed by atoms with Gasteiger partial charge in [-0.1, -0.05) is 18.8 Å². The Morgan fingerprint density at radius 1 is 1.57 bits per heavy atom. The molecule has 2 unspecified atom stereocenters. The fraction of sp³-hybridized carbons (Fsp3) is 0.500. The molecule has 0 aromatic carbocycles. The normalized spacial score (nSPS) is 21.6. The average Bonchev–Trinajstić information content (AvgIpc) is 2.52. The van der Waals surface area contributed by atoms with Gasteiger partial charge in [0.2, 0.25) is 0 Å². The first kappa shape index (κ1) is 15.5. The third kappa shape index (κ3) is 3.81. The van der Waals surface area contributed by atoms with Gasteiger partial charge in [0.05, 0.1) is 25.3 Å². The van der Waals surface area contributed by atoms with E-state index in [9.17, 15) is 4.79 Å². The largest absolute Gasteiger partial charge is 0.375 e. The first-order chi connectivity index (χ1) is 10.2. The highest BCUT2D eigenvalue weighted by molar-refractivity contribution is 5.92.